The van der Waals surface area contributed by atoms with Gasteiger partial charge in [0, 0.05) is 13.1 Å². The van der Waals surface area contributed by atoms with Gasteiger partial charge < -0.3 is 10.6 Å². The Kier molecular flexibility index (Phi) is 8.25. The molecule has 0 fully saturated rings. The van der Waals surface area contributed by atoms with E-state index < -0.39 is 0 Å². The summed E-state index contributed by atoms with van der Waals surface area (Å²) in [7, 11) is 0. The average molecular weight is 421 g/mol. The molecular weight excluding hydrogens is 388 g/mol. The summed E-state index contributed by atoms with van der Waals surface area (Å²) in [6.45, 7) is 3.79. The van der Waals surface area contributed by atoms with E-state index in [9.17, 15) is 0 Å². The smallest absolute Gasteiger partial charge is 0.0205 e. The maximum atomic E-state index is 3.54. The summed E-state index contributed by atoms with van der Waals surface area (Å²) in [6.07, 6.45) is 2.12. The van der Waals surface area contributed by atoms with Crippen LogP contribution in [0.2, 0.25) is 0 Å². The number of hydrogen-bond donors (Lipinski definition) is 2. The first-order valence-corrected chi connectivity index (χ1v) is 11.5. The van der Waals surface area contributed by atoms with Gasteiger partial charge in [-0.3, -0.25) is 0 Å². The molecule has 4 aromatic rings. The molecule has 0 saturated heterocycles. The van der Waals surface area contributed by atoms with Gasteiger partial charge in [-0.05, 0) is 59.3 Å². The molecule has 0 amide bonds. The highest BCUT2D eigenvalue weighted by molar-refractivity contribution is 5.63. The number of benzene rings is 4. The molecule has 4 rings (SSSR count). The third-order valence-corrected chi connectivity index (χ3v) is 5.77. The van der Waals surface area contributed by atoms with Crippen LogP contribution in [0, 0.1) is 0 Å². The lowest BCUT2D eigenvalue weighted by molar-refractivity contribution is 0.687. The van der Waals surface area contributed by atoms with Crippen LogP contribution in [-0.4, -0.2) is 13.1 Å². The molecule has 0 aliphatic heterocycles. The van der Waals surface area contributed by atoms with Crippen LogP contribution in [0.3, 0.4) is 0 Å². The SMILES string of the molecule is c1ccc(CCNCc2ccc(-c3ccc(CNCCc4ccccc4)cc3)cc2)cc1. The van der Waals surface area contributed by atoms with E-state index in [0.717, 1.165) is 39.0 Å². The molecule has 0 aromatic heterocycles. The van der Waals surface area contributed by atoms with E-state index in [1.54, 1.807) is 0 Å². The van der Waals surface area contributed by atoms with Gasteiger partial charge in [0.1, 0.15) is 0 Å². The molecule has 0 bridgehead atoms. The molecule has 0 unspecified atom stereocenters. The van der Waals surface area contributed by atoms with Crippen molar-refractivity contribution in [2.75, 3.05) is 13.1 Å². The Bertz CT molecular complexity index is 951. The van der Waals surface area contributed by atoms with Crippen LogP contribution in [0.15, 0.2) is 109 Å². The van der Waals surface area contributed by atoms with Crippen LogP contribution < -0.4 is 10.6 Å². The van der Waals surface area contributed by atoms with Gasteiger partial charge in [0.25, 0.3) is 0 Å². The van der Waals surface area contributed by atoms with E-state index in [0.29, 0.717) is 0 Å². The van der Waals surface area contributed by atoms with Crippen molar-refractivity contribution >= 4 is 0 Å². The van der Waals surface area contributed by atoms with Gasteiger partial charge in [0.2, 0.25) is 0 Å². The van der Waals surface area contributed by atoms with Crippen molar-refractivity contribution in [1.29, 1.82) is 0 Å². The Balaban J connectivity index is 1.19. The lowest BCUT2D eigenvalue weighted by atomic mass is 10.0. The minimum absolute atomic E-state index is 0.903. The third-order valence-electron chi connectivity index (χ3n) is 5.77. The zero-order chi connectivity index (χ0) is 21.8. The first-order chi connectivity index (χ1) is 15.9. The van der Waals surface area contributed by atoms with Crippen LogP contribution in [-0.2, 0) is 25.9 Å². The van der Waals surface area contributed by atoms with Crippen LogP contribution in [0.1, 0.15) is 22.3 Å². The fourth-order valence-electron chi connectivity index (χ4n) is 3.85. The molecule has 0 atom stereocenters. The minimum Gasteiger partial charge on any atom is -0.312 e. The van der Waals surface area contributed by atoms with Crippen molar-refractivity contribution in [2.24, 2.45) is 0 Å². The first-order valence-electron chi connectivity index (χ1n) is 11.5. The predicted octanol–water partition coefficient (Wildman–Crippen LogP) is 6.02. The Morgan fingerprint density at radius 1 is 0.375 bits per heavy atom. The van der Waals surface area contributed by atoms with Gasteiger partial charge in [-0.25, -0.2) is 0 Å². The van der Waals surface area contributed by atoms with E-state index in [1.807, 2.05) is 0 Å². The van der Waals surface area contributed by atoms with Crippen molar-refractivity contribution in [2.45, 2.75) is 25.9 Å². The molecule has 0 aliphatic rings. The van der Waals surface area contributed by atoms with Gasteiger partial charge in [-0.1, -0.05) is 109 Å². The summed E-state index contributed by atoms with van der Waals surface area (Å²) in [5, 5.41) is 7.09. The van der Waals surface area contributed by atoms with Crippen molar-refractivity contribution in [3.05, 3.63) is 131 Å². The Labute approximate surface area is 192 Å². The second-order valence-corrected chi connectivity index (χ2v) is 8.22. The molecule has 2 nitrogen and oxygen atoms in total. The summed E-state index contributed by atoms with van der Waals surface area (Å²) in [6, 6.07) is 39.1. The topological polar surface area (TPSA) is 24.1 Å². The molecule has 0 aliphatic carbocycles. The zero-order valence-electron chi connectivity index (χ0n) is 18.6. The molecule has 162 valence electrons. The number of rotatable bonds is 11. The second kappa shape index (κ2) is 12.0. The maximum absolute atomic E-state index is 3.54. The maximum Gasteiger partial charge on any atom is 0.0205 e. The Morgan fingerprint density at radius 3 is 1.12 bits per heavy atom. The minimum atomic E-state index is 0.903. The molecule has 0 saturated carbocycles. The quantitative estimate of drug-likeness (QED) is 0.290. The highest BCUT2D eigenvalue weighted by atomic mass is 14.8. The fraction of sp³-hybridized carbons (Fsp3) is 0.200. The molecular formula is C30H32N2. The molecule has 32 heavy (non-hydrogen) atoms. The van der Waals surface area contributed by atoms with Crippen LogP contribution in [0.4, 0.5) is 0 Å². The number of nitrogens with one attached hydrogen (secondary N) is 2. The van der Waals surface area contributed by atoms with Gasteiger partial charge >= 0.3 is 0 Å². The third kappa shape index (κ3) is 6.91. The standard InChI is InChI=1S/C30H32N2/c1-3-7-25(8-4-1)19-21-31-23-27-11-15-29(16-12-27)30-17-13-28(14-18-30)24-32-22-20-26-9-5-2-6-10-26/h1-18,31-32H,19-24H2. The van der Waals surface area contributed by atoms with Gasteiger partial charge in [0.15, 0.2) is 0 Å². The summed E-state index contributed by atoms with van der Waals surface area (Å²) >= 11 is 0. The second-order valence-electron chi connectivity index (χ2n) is 8.22. The zero-order valence-corrected chi connectivity index (χ0v) is 18.6. The van der Waals surface area contributed by atoms with Crippen LogP contribution in [0.5, 0.6) is 0 Å². The van der Waals surface area contributed by atoms with Crippen molar-refractivity contribution in [1.82, 2.24) is 10.6 Å². The molecule has 0 spiro atoms. The van der Waals surface area contributed by atoms with E-state index in [2.05, 4.69) is 120 Å². The van der Waals surface area contributed by atoms with E-state index in [-0.39, 0.29) is 0 Å². The Hall–Kier alpha value is -3.20. The van der Waals surface area contributed by atoms with Crippen molar-refractivity contribution in [3.8, 4) is 11.1 Å². The Morgan fingerprint density at radius 2 is 0.750 bits per heavy atom. The van der Waals surface area contributed by atoms with Gasteiger partial charge in [-0.2, -0.15) is 0 Å². The van der Waals surface area contributed by atoms with Crippen molar-refractivity contribution < 1.29 is 0 Å². The number of hydrogen-bond acceptors (Lipinski definition) is 2. The summed E-state index contributed by atoms with van der Waals surface area (Å²) in [5.74, 6) is 0. The molecule has 2 heteroatoms. The fourth-order valence-corrected chi connectivity index (χ4v) is 3.85. The molecule has 4 aromatic carbocycles. The monoisotopic (exact) mass is 420 g/mol. The van der Waals surface area contributed by atoms with Gasteiger partial charge in [0.05, 0.1) is 0 Å². The van der Waals surface area contributed by atoms with E-state index in [1.165, 1.54) is 33.4 Å². The summed E-state index contributed by atoms with van der Waals surface area (Å²) < 4.78 is 0. The molecule has 0 radical (unpaired) electrons. The van der Waals surface area contributed by atoms with Crippen molar-refractivity contribution in [3.63, 3.8) is 0 Å². The summed E-state index contributed by atoms with van der Waals surface area (Å²) in [4.78, 5) is 0. The lowest BCUT2D eigenvalue weighted by Gasteiger charge is -2.08. The van der Waals surface area contributed by atoms with Crippen LogP contribution >= 0.6 is 0 Å². The van der Waals surface area contributed by atoms with E-state index >= 15 is 0 Å². The predicted molar refractivity (Wildman–Crippen MR) is 136 cm³/mol. The lowest BCUT2D eigenvalue weighted by Crippen LogP contribution is -2.16. The first kappa shape index (κ1) is 22.0. The highest BCUT2D eigenvalue weighted by Crippen LogP contribution is 2.20. The van der Waals surface area contributed by atoms with E-state index in [4.69, 9.17) is 0 Å². The highest BCUT2D eigenvalue weighted by Gasteiger charge is 2.00. The molecule has 2 N–H and O–H groups in total. The van der Waals surface area contributed by atoms with Crippen LogP contribution in [0.25, 0.3) is 11.1 Å². The normalized spacial score (nSPS) is 10.9. The average Bonchev–Trinajstić information content (AvgIpc) is 2.87. The largest absolute Gasteiger partial charge is 0.312 e. The summed E-state index contributed by atoms with van der Waals surface area (Å²) in [5.41, 5.74) is 7.93. The van der Waals surface area contributed by atoms with Gasteiger partial charge in [-0.15, -0.1) is 0 Å². The molecule has 0 heterocycles.